The van der Waals surface area contributed by atoms with E-state index in [-0.39, 0.29) is 24.3 Å². The fourth-order valence-electron chi connectivity index (χ4n) is 2.37. The van der Waals surface area contributed by atoms with Crippen LogP contribution in [0, 0.1) is 0 Å². The fraction of sp³-hybridized carbons (Fsp3) is 0.727. The maximum absolute atomic E-state index is 12.1. The Labute approximate surface area is 106 Å². The van der Waals surface area contributed by atoms with Gasteiger partial charge >= 0.3 is 6.03 Å². The monoisotopic (exact) mass is 255 g/mol. The molecule has 1 atom stereocenters. The van der Waals surface area contributed by atoms with E-state index in [4.69, 9.17) is 0 Å². The molecule has 0 spiro atoms. The second-order valence-electron chi connectivity index (χ2n) is 4.76. The van der Waals surface area contributed by atoms with Gasteiger partial charge in [-0.2, -0.15) is 0 Å². The topological polar surface area (TPSA) is 77.5 Å². The fourth-order valence-corrected chi connectivity index (χ4v) is 2.37. The molecule has 7 heteroatoms. The van der Waals surface area contributed by atoms with E-state index in [9.17, 15) is 14.4 Å². The second kappa shape index (κ2) is 4.93. The van der Waals surface area contributed by atoms with Gasteiger partial charge in [-0.3, -0.25) is 14.5 Å². The zero-order valence-corrected chi connectivity index (χ0v) is 10.8. The van der Waals surface area contributed by atoms with Crippen molar-refractivity contribution in [3.8, 4) is 0 Å². The van der Waals surface area contributed by atoms with Crippen molar-refractivity contribution in [1.82, 2.24) is 14.7 Å². The van der Waals surface area contributed by atoms with Crippen LogP contribution in [0.5, 0.6) is 0 Å². The maximum Gasteiger partial charge on any atom is 0.326 e. The van der Waals surface area contributed by atoms with Crippen LogP contribution in [0.15, 0.2) is 0 Å². The smallest absolute Gasteiger partial charge is 0.326 e. The van der Waals surface area contributed by atoms with Gasteiger partial charge in [0, 0.05) is 14.1 Å². The molecule has 2 saturated heterocycles. The van der Waals surface area contributed by atoms with Gasteiger partial charge in [0.2, 0.25) is 5.91 Å². The molecule has 2 rings (SSSR count). The third-order valence-electron chi connectivity index (χ3n) is 3.60. The van der Waals surface area contributed by atoms with Gasteiger partial charge in [0.05, 0.1) is 32.6 Å². The van der Waals surface area contributed by atoms with E-state index in [0.717, 1.165) is 18.0 Å². The van der Waals surface area contributed by atoms with Crippen molar-refractivity contribution in [2.24, 2.45) is 0 Å². The number of quaternary nitrogens is 1. The molecule has 0 radical (unpaired) electrons. The van der Waals surface area contributed by atoms with Crippen molar-refractivity contribution in [1.29, 1.82) is 0 Å². The Bertz CT molecular complexity index is 378. The normalized spacial score (nSPS) is 25.0. The molecule has 0 aromatic heterocycles. The van der Waals surface area contributed by atoms with E-state index in [0.29, 0.717) is 13.1 Å². The van der Waals surface area contributed by atoms with Gasteiger partial charge in [0.15, 0.2) is 0 Å². The van der Waals surface area contributed by atoms with Gasteiger partial charge in [-0.15, -0.1) is 0 Å². The van der Waals surface area contributed by atoms with Crippen molar-refractivity contribution in [2.45, 2.75) is 12.5 Å². The summed E-state index contributed by atoms with van der Waals surface area (Å²) in [6, 6.07) is -0.981. The first-order chi connectivity index (χ1) is 8.52. The van der Waals surface area contributed by atoms with Crippen molar-refractivity contribution in [3.05, 3.63) is 0 Å². The summed E-state index contributed by atoms with van der Waals surface area (Å²) < 4.78 is 0. The molecule has 7 nitrogen and oxygen atoms in total. The Kier molecular flexibility index (Phi) is 3.51. The number of carbonyl (C=O) groups is 3. The SMILES string of the molecule is CN1C(=O)[C@H](CC(=O)N2CC[NH2+]CC2)N(C)C1=O. The predicted molar refractivity (Wildman–Crippen MR) is 62.6 cm³/mol. The molecule has 0 saturated carbocycles. The molecule has 0 unspecified atom stereocenters. The standard InChI is InChI=1S/C11H18N4O3/c1-13-8(10(17)14(2)11(13)18)7-9(16)15-5-3-12-4-6-15/h8,12H,3-7H2,1-2H3/p+1/t8-/m0/s1. The first kappa shape index (κ1) is 12.8. The minimum Gasteiger partial charge on any atom is -0.343 e. The number of hydrogen-bond donors (Lipinski definition) is 1. The number of nitrogens with two attached hydrogens (primary N) is 1. The lowest BCUT2D eigenvalue weighted by Gasteiger charge is -2.27. The van der Waals surface area contributed by atoms with Crippen LogP contribution < -0.4 is 5.32 Å². The number of imide groups is 1. The number of nitrogens with zero attached hydrogens (tertiary/aromatic N) is 3. The lowest BCUT2D eigenvalue weighted by Crippen LogP contribution is -2.89. The van der Waals surface area contributed by atoms with E-state index >= 15 is 0 Å². The summed E-state index contributed by atoms with van der Waals surface area (Å²) in [4.78, 5) is 39.7. The van der Waals surface area contributed by atoms with E-state index in [1.165, 1.54) is 11.9 Å². The number of carbonyl (C=O) groups excluding carboxylic acids is 3. The summed E-state index contributed by atoms with van der Waals surface area (Å²) in [5.74, 6) is -0.337. The van der Waals surface area contributed by atoms with Gasteiger partial charge in [-0.25, -0.2) is 4.79 Å². The molecule has 4 amide bonds. The molecule has 0 aromatic rings. The molecule has 100 valence electrons. The zero-order chi connectivity index (χ0) is 13.3. The highest BCUT2D eigenvalue weighted by Gasteiger charge is 2.42. The molecule has 0 aliphatic carbocycles. The molecular formula is C11H19N4O3+. The highest BCUT2D eigenvalue weighted by atomic mass is 16.2. The quantitative estimate of drug-likeness (QED) is 0.562. The van der Waals surface area contributed by atoms with Crippen LogP contribution >= 0.6 is 0 Å². The van der Waals surface area contributed by atoms with Crippen LogP contribution in [-0.4, -0.2) is 78.9 Å². The third-order valence-corrected chi connectivity index (χ3v) is 3.60. The number of hydrogen-bond acceptors (Lipinski definition) is 3. The van der Waals surface area contributed by atoms with E-state index in [1.807, 2.05) is 0 Å². The van der Waals surface area contributed by atoms with Crippen molar-refractivity contribution >= 4 is 17.8 Å². The van der Waals surface area contributed by atoms with Gasteiger partial charge in [-0.1, -0.05) is 0 Å². The molecule has 0 aromatic carbocycles. The predicted octanol–water partition coefficient (Wildman–Crippen LogP) is -2.33. The summed E-state index contributed by atoms with van der Waals surface area (Å²) in [7, 11) is 3.01. The molecule has 2 aliphatic heterocycles. The van der Waals surface area contributed by atoms with Gasteiger partial charge in [-0.05, 0) is 0 Å². The van der Waals surface area contributed by atoms with Gasteiger partial charge in [0.25, 0.3) is 5.91 Å². The first-order valence-corrected chi connectivity index (χ1v) is 6.16. The summed E-state index contributed by atoms with van der Waals surface area (Å²) in [5, 5.41) is 2.16. The lowest BCUT2D eigenvalue weighted by atomic mass is 10.1. The molecule has 2 fully saturated rings. The highest BCUT2D eigenvalue weighted by Crippen LogP contribution is 2.17. The largest absolute Gasteiger partial charge is 0.343 e. The Morgan fingerprint density at radius 3 is 2.39 bits per heavy atom. The summed E-state index contributed by atoms with van der Waals surface area (Å²) in [6.45, 7) is 3.23. The Morgan fingerprint density at radius 2 is 1.89 bits per heavy atom. The molecular weight excluding hydrogens is 236 g/mol. The van der Waals surface area contributed by atoms with Gasteiger partial charge in [0.1, 0.15) is 6.04 Å². The van der Waals surface area contributed by atoms with Crippen molar-refractivity contribution < 1.29 is 19.7 Å². The first-order valence-electron chi connectivity index (χ1n) is 6.16. The van der Waals surface area contributed by atoms with Crippen LogP contribution in [0.3, 0.4) is 0 Å². The Hall–Kier alpha value is -1.63. The van der Waals surface area contributed by atoms with E-state index in [2.05, 4.69) is 5.32 Å². The molecule has 2 aliphatic rings. The minimum absolute atomic E-state index is 0.0450. The van der Waals surface area contributed by atoms with Crippen molar-refractivity contribution in [2.75, 3.05) is 40.3 Å². The number of rotatable bonds is 2. The number of piperazine rings is 1. The average Bonchev–Trinajstić information content (AvgIpc) is 2.57. The van der Waals surface area contributed by atoms with Crippen LogP contribution in [-0.2, 0) is 9.59 Å². The third kappa shape index (κ3) is 2.17. The minimum atomic E-state index is -0.638. The van der Waals surface area contributed by atoms with Crippen LogP contribution in [0.1, 0.15) is 6.42 Å². The zero-order valence-electron chi connectivity index (χ0n) is 10.8. The molecule has 0 bridgehead atoms. The van der Waals surface area contributed by atoms with Gasteiger partial charge < -0.3 is 15.1 Å². The molecule has 2 N–H and O–H groups in total. The summed E-state index contributed by atoms with van der Waals surface area (Å²) in [5.41, 5.74) is 0. The summed E-state index contributed by atoms with van der Waals surface area (Å²) >= 11 is 0. The lowest BCUT2D eigenvalue weighted by molar-refractivity contribution is -0.662. The number of likely N-dealkylation sites (N-methyl/N-ethyl adjacent to an activating group) is 2. The average molecular weight is 255 g/mol. The second-order valence-corrected chi connectivity index (χ2v) is 4.76. The number of amides is 4. The molecule has 2 heterocycles. The van der Waals surface area contributed by atoms with E-state index in [1.54, 1.807) is 11.9 Å². The Balaban J connectivity index is 1.98. The van der Waals surface area contributed by atoms with Crippen molar-refractivity contribution in [3.63, 3.8) is 0 Å². The molecule has 18 heavy (non-hydrogen) atoms. The van der Waals surface area contributed by atoms with Crippen LogP contribution in [0.25, 0.3) is 0 Å². The van der Waals surface area contributed by atoms with E-state index < -0.39 is 6.04 Å². The summed E-state index contributed by atoms with van der Waals surface area (Å²) in [6.07, 6.45) is 0.0887. The maximum atomic E-state index is 12.1. The van der Waals surface area contributed by atoms with Crippen LogP contribution in [0.2, 0.25) is 0 Å². The number of urea groups is 1. The van der Waals surface area contributed by atoms with Crippen LogP contribution in [0.4, 0.5) is 4.79 Å². The Morgan fingerprint density at radius 1 is 1.28 bits per heavy atom. The highest BCUT2D eigenvalue weighted by molar-refractivity contribution is 6.05.